The van der Waals surface area contributed by atoms with E-state index in [9.17, 15) is 10.1 Å². The summed E-state index contributed by atoms with van der Waals surface area (Å²) in [6.45, 7) is 0. The summed E-state index contributed by atoms with van der Waals surface area (Å²) < 4.78 is 4.89. The topological polar surface area (TPSA) is 64.7 Å². The number of benzene rings is 1. The number of isothiocyanates is 1. The zero-order valence-corrected chi connectivity index (χ0v) is 8.08. The first-order valence-electron chi connectivity index (χ1n) is 3.59. The van der Waals surface area contributed by atoms with Crippen LogP contribution in [0.15, 0.2) is 23.2 Å². The highest BCUT2D eigenvalue weighted by Gasteiger charge is 2.13. The van der Waals surface area contributed by atoms with Gasteiger partial charge in [-0.1, -0.05) is 0 Å². The monoisotopic (exact) mass is 210 g/mol. The molecule has 0 saturated carbocycles. The van der Waals surface area contributed by atoms with Gasteiger partial charge in [-0.3, -0.25) is 10.1 Å². The normalized spacial score (nSPS) is 8.93. The van der Waals surface area contributed by atoms with Gasteiger partial charge in [0.15, 0.2) is 5.69 Å². The Morgan fingerprint density at radius 2 is 2.36 bits per heavy atom. The van der Waals surface area contributed by atoms with Gasteiger partial charge in [0.1, 0.15) is 5.75 Å². The van der Waals surface area contributed by atoms with Crippen molar-refractivity contribution >= 4 is 28.8 Å². The Morgan fingerprint density at radius 1 is 1.64 bits per heavy atom. The predicted octanol–water partition coefficient (Wildman–Crippen LogP) is 2.34. The molecular formula is C8H6N2O3S. The zero-order chi connectivity index (χ0) is 10.6. The van der Waals surface area contributed by atoms with Crippen LogP contribution in [-0.2, 0) is 0 Å². The first-order chi connectivity index (χ1) is 6.69. The van der Waals surface area contributed by atoms with Gasteiger partial charge < -0.3 is 4.74 Å². The molecule has 1 aromatic rings. The Hall–Kier alpha value is -1.78. The van der Waals surface area contributed by atoms with Gasteiger partial charge in [-0.05, 0) is 18.3 Å². The first-order valence-corrected chi connectivity index (χ1v) is 4.00. The summed E-state index contributed by atoms with van der Waals surface area (Å²) in [4.78, 5) is 13.6. The lowest BCUT2D eigenvalue weighted by atomic mass is 10.2. The van der Waals surface area contributed by atoms with Gasteiger partial charge in [0.25, 0.3) is 5.69 Å². The maximum Gasteiger partial charge on any atom is 0.295 e. The number of nitro benzene ring substituents is 1. The molecule has 5 nitrogen and oxygen atoms in total. The second-order valence-electron chi connectivity index (χ2n) is 2.31. The number of thiocarbonyl (C=S) groups is 1. The highest BCUT2D eigenvalue weighted by atomic mass is 32.1. The van der Waals surface area contributed by atoms with Crippen molar-refractivity contribution in [2.75, 3.05) is 7.11 Å². The molecule has 0 radical (unpaired) electrons. The van der Waals surface area contributed by atoms with E-state index in [2.05, 4.69) is 22.4 Å². The number of ether oxygens (including phenoxy) is 1. The summed E-state index contributed by atoms with van der Waals surface area (Å²) in [5, 5.41) is 12.6. The van der Waals surface area contributed by atoms with Crippen molar-refractivity contribution in [3.63, 3.8) is 0 Å². The van der Waals surface area contributed by atoms with Crippen LogP contribution in [0.2, 0.25) is 0 Å². The number of rotatable bonds is 3. The van der Waals surface area contributed by atoms with Crippen LogP contribution in [0.1, 0.15) is 0 Å². The lowest BCUT2D eigenvalue weighted by molar-refractivity contribution is -0.384. The van der Waals surface area contributed by atoms with Gasteiger partial charge in [-0.25, -0.2) is 0 Å². The van der Waals surface area contributed by atoms with Crippen molar-refractivity contribution in [2.45, 2.75) is 0 Å². The maximum absolute atomic E-state index is 10.5. The number of nitrogens with zero attached hydrogens (tertiary/aromatic N) is 2. The third-order valence-corrected chi connectivity index (χ3v) is 1.64. The summed E-state index contributed by atoms with van der Waals surface area (Å²) in [6, 6.07) is 4.22. The van der Waals surface area contributed by atoms with E-state index in [1.165, 1.54) is 25.3 Å². The Balaban J connectivity index is 3.30. The van der Waals surface area contributed by atoms with E-state index >= 15 is 0 Å². The van der Waals surface area contributed by atoms with E-state index in [1.54, 1.807) is 0 Å². The quantitative estimate of drug-likeness (QED) is 0.332. The van der Waals surface area contributed by atoms with Crippen LogP contribution in [0, 0.1) is 10.1 Å². The van der Waals surface area contributed by atoms with E-state index < -0.39 is 4.92 Å². The van der Waals surface area contributed by atoms with E-state index in [0.29, 0.717) is 5.75 Å². The van der Waals surface area contributed by atoms with Crippen LogP contribution in [-0.4, -0.2) is 17.2 Å². The number of hydrogen-bond donors (Lipinski definition) is 0. The fraction of sp³-hybridized carbons (Fsp3) is 0.125. The second kappa shape index (κ2) is 4.45. The molecule has 0 unspecified atom stereocenters. The van der Waals surface area contributed by atoms with Crippen LogP contribution in [0.5, 0.6) is 5.75 Å². The molecule has 0 amide bonds. The van der Waals surface area contributed by atoms with Gasteiger partial charge in [0.05, 0.1) is 17.2 Å². The summed E-state index contributed by atoms with van der Waals surface area (Å²) in [5.41, 5.74) is 0.0208. The smallest absolute Gasteiger partial charge is 0.295 e. The minimum absolute atomic E-state index is 0.122. The van der Waals surface area contributed by atoms with Crippen LogP contribution in [0.4, 0.5) is 11.4 Å². The lowest BCUT2D eigenvalue weighted by Crippen LogP contribution is -1.89. The molecule has 0 N–H and O–H groups in total. The van der Waals surface area contributed by atoms with E-state index in [4.69, 9.17) is 4.74 Å². The number of methoxy groups -OCH3 is 1. The van der Waals surface area contributed by atoms with Crippen LogP contribution < -0.4 is 4.74 Å². The third-order valence-electron chi connectivity index (χ3n) is 1.55. The minimum Gasteiger partial charge on any atom is -0.497 e. The molecule has 0 aromatic heterocycles. The van der Waals surface area contributed by atoms with E-state index in [-0.39, 0.29) is 11.4 Å². The van der Waals surface area contributed by atoms with Crippen molar-refractivity contribution < 1.29 is 9.66 Å². The highest BCUT2D eigenvalue weighted by Crippen LogP contribution is 2.30. The second-order valence-corrected chi connectivity index (χ2v) is 2.50. The van der Waals surface area contributed by atoms with Gasteiger partial charge in [0, 0.05) is 12.1 Å². The minimum atomic E-state index is -0.537. The standard InChI is InChI=1S/C8H6N2O3S/c1-13-6-2-3-8(10(11)12)7(4-6)9-5-14/h2-4H,1H3. The molecule has 0 bridgehead atoms. The molecule has 6 heteroatoms. The molecule has 1 rings (SSSR count). The number of nitro groups is 1. The number of hydrogen-bond acceptors (Lipinski definition) is 5. The van der Waals surface area contributed by atoms with Gasteiger partial charge in [-0.15, -0.1) is 0 Å². The van der Waals surface area contributed by atoms with Crippen molar-refractivity contribution in [1.82, 2.24) is 0 Å². The van der Waals surface area contributed by atoms with Crippen LogP contribution in [0.3, 0.4) is 0 Å². The van der Waals surface area contributed by atoms with Gasteiger partial charge in [0.2, 0.25) is 0 Å². The molecule has 0 fully saturated rings. The molecule has 0 saturated heterocycles. The van der Waals surface area contributed by atoms with Crippen molar-refractivity contribution in [3.05, 3.63) is 28.3 Å². The SMILES string of the molecule is COc1ccc([N+](=O)[O-])c(N=C=S)c1. The maximum atomic E-state index is 10.5. The summed E-state index contributed by atoms with van der Waals surface area (Å²) in [5.74, 6) is 0.486. The Bertz CT molecular complexity index is 413. The van der Waals surface area contributed by atoms with Crippen LogP contribution >= 0.6 is 12.2 Å². The molecular weight excluding hydrogens is 204 g/mol. The molecule has 1 aromatic carbocycles. The molecule has 0 spiro atoms. The van der Waals surface area contributed by atoms with Crippen LogP contribution in [0.25, 0.3) is 0 Å². The fourth-order valence-corrected chi connectivity index (χ4v) is 1.02. The van der Waals surface area contributed by atoms with E-state index in [1.807, 2.05) is 0 Å². The fourth-order valence-electron chi connectivity index (χ4n) is 0.923. The van der Waals surface area contributed by atoms with Gasteiger partial charge >= 0.3 is 0 Å². The average Bonchev–Trinajstić information content (AvgIpc) is 2.17. The van der Waals surface area contributed by atoms with Gasteiger partial charge in [-0.2, -0.15) is 4.99 Å². The predicted molar refractivity (Wildman–Crippen MR) is 54.3 cm³/mol. The average molecular weight is 210 g/mol. The molecule has 0 aliphatic heterocycles. The van der Waals surface area contributed by atoms with Crippen molar-refractivity contribution in [3.8, 4) is 5.75 Å². The molecule has 0 aliphatic rings. The Kier molecular flexibility index (Phi) is 3.28. The molecule has 0 heterocycles. The number of aliphatic imine (C=N–C) groups is 1. The Morgan fingerprint density at radius 3 is 2.86 bits per heavy atom. The summed E-state index contributed by atoms with van der Waals surface area (Å²) in [7, 11) is 1.46. The summed E-state index contributed by atoms with van der Waals surface area (Å²) >= 11 is 4.38. The molecule has 0 aliphatic carbocycles. The lowest BCUT2D eigenvalue weighted by Gasteiger charge is -2.00. The highest BCUT2D eigenvalue weighted by molar-refractivity contribution is 7.78. The zero-order valence-electron chi connectivity index (χ0n) is 7.26. The largest absolute Gasteiger partial charge is 0.497 e. The first kappa shape index (κ1) is 10.3. The van der Waals surface area contributed by atoms with Crippen molar-refractivity contribution in [2.24, 2.45) is 4.99 Å². The summed E-state index contributed by atoms with van der Waals surface area (Å²) in [6.07, 6.45) is 0. The Labute approximate surface area is 85.2 Å². The third kappa shape index (κ3) is 2.12. The molecule has 14 heavy (non-hydrogen) atoms. The van der Waals surface area contributed by atoms with Crippen molar-refractivity contribution in [1.29, 1.82) is 0 Å². The van der Waals surface area contributed by atoms with E-state index in [0.717, 1.165) is 0 Å². The molecule has 0 atom stereocenters. The molecule has 72 valence electrons.